The van der Waals surface area contributed by atoms with Gasteiger partial charge >= 0.3 is 0 Å². The summed E-state index contributed by atoms with van der Waals surface area (Å²) < 4.78 is 0. The summed E-state index contributed by atoms with van der Waals surface area (Å²) in [4.78, 5) is 0. The van der Waals surface area contributed by atoms with Gasteiger partial charge in [0.15, 0.2) is 0 Å². The van der Waals surface area contributed by atoms with Crippen LogP contribution in [0.25, 0.3) is 0 Å². The summed E-state index contributed by atoms with van der Waals surface area (Å²) >= 11 is 0. The molecule has 0 heteroatoms. The van der Waals surface area contributed by atoms with E-state index in [1.807, 2.05) is 0 Å². The first kappa shape index (κ1) is 108. The summed E-state index contributed by atoms with van der Waals surface area (Å²) in [5, 5.41) is 0. The first-order valence-corrected chi connectivity index (χ1v) is 57.9. The highest BCUT2D eigenvalue weighted by molar-refractivity contribution is 5.28. The second kappa shape index (κ2) is 44.0. The highest BCUT2D eigenvalue weighted by atomic mass is 14.7. The van der Waals surface area contributed by atoms with E-state index in [4.69, 9.17) is 0 Å². The average molecular weight is 1840 g/mol. The van der Waals surface area contributed by atoms with Gasteiger partial charge in [0.2, 0.25) is 0 Å². The molecular formula is C135H216. The van der Waals surface area contributed by atoms with Crippen LogP contribution in [0.15, 0.2) is 175 Å². The molecule has 0 spiro atoms. The van der Waals surface area contributed by atoms with E-state index < -0.39 is 0 Å². The lowest BCUT2D eigenvalue weighted by Crippen LogP contribution is -2.35. The van der Waals surface area contributed by atoms with Crippen LogP contribution in [0.3, 0.4) is 0 Å². The monoisotopic (exact) mass is 1840 g/mol. The van der Waals surface area contributed by atoms with Gasteiger partial charge in [-0.2, -0.15) is 0 Å². The lowest BCUT2D eigenvalue weighted by Gasteiger charge is -2.44. The quantitative estimate of drug-likeness (QED) is 0.107. The molecule has 0 radical (unpaired) electrons. The molecule has 0 nitrogen and oxygen atoms in total. The molecule has 16 saturated carbocycles. The molecule has 42 atom stereocenters. The van der Waals surface area contributed by atoms with Crippen molar-refractivity contribution in [2.24, 2.45) is 271 Å². The van der Waals surface area contributed by atoms with Crippen molar-refractivity contribution in [1.82, 2.24) is 0 Å². The SMILES string of the molecule is CC(C)=CC1CC(C=C(C)C)C2C1CC(C)C2[C@@H]1C(C)CC2C(C=C(C)C)CC(C(C)C)C21.CC(C)=CC1CC(C=C(C)C)C2C1C[C@H](C1C(C)CC3C(C=C(C)C)CC(C=C(C)C)C31)C2C.CC(C)=CC1CC(C=C(C)C)C2CC(C)(C3(C)CC4C(C=C(C)C)CC(C=C(C)C)C4C3)CC12.CC(C)=CC1CC(C=C(C)C)C2CC(C)(C3C(C)CC4C(C=C(C)C)CC(C=C(C)C)C43)CC12. The maximum absolute atomic E-state index is 2.74. The lowest BCUT2D eigenvalue weighted by atomic mass is 9.60. The van der Waals surface area contributed by atoms with Gasteiger partial charge in [-0.25, -0.2) is 0 Å². The minimum Gasteiger partial charge on any atom is -0.0825 e. The number of rotatable bonds is 20. The van der Waals surface area contributed by atoms with Crippen molar-refractivity contribution in [3.8, 4) is 0 Å². The van der Waals surface area contributed by atoms with Crippen LogP contribution in [0.4, 0.5) is 0 Å². The van der Waals surface area contributed by atoms with Crippen LogP contribution in [0, 0.1) is 271 Å². The van der Waals surface area contributed by atoms with Gasteiger partial charge in [0, 0.05) is 0 Å². The van der Waals surface area contributed by atoms with Crippen LogP contribution in [-0.2, 0) is 0 Å². The van der Waals surface area contributed by atoms with Crippen LogP contribution in [0.1, 0.15) is 399 Å². The summed E-state index contributed by atoms with van der Waals surface area (Å²) in [5.74, 6) is 37.2. The minimum atomic E-state index is 0.486. The van der Waals surface area contributed by atoms with Crippen LogP contribution in [-0.4, -0.2) is 0 Å². The van der Waals surface area contributed by atoms with Gasteiger partial charge in [0.05, 0.1) is 0 Å². The molecule has 0 N–H and O–H groups in total. The van der Waals surface area contributed by atoms with Gasteiger partial charge in [-0.3, -0.25) is 0 Å². The van der Waals surface area contributed by atoms with Crippen LogP contribution < -0.4 is 0 Å². The normalized spacial score (nSPS) is 45.2. The molecule has 0 amide bonds. The van der Waals surface area contributed by atoms with Gasteiger partial charge in [0.1, 0.15) is 0 Å². The second-order valence-electron chi connectivity index (χ2n) is 57.5. The third-order valence-corrected chi connectivity index (χ3v) is 42.1. The molecule has 40 unspecified atom stereocenters. The lowest BCUT2D eigenvalue weighted by molar-refractivity contribution is 0.0558. The second-order valence-corrected chi connectivity index (χ2v) is 57.5. The zero-order valence-corrected chi connectivity index (χ0v) is 95.9. The van der Waals surface area contributed by atoms with E-state index in [-0.39, 0.29) is 0 Å². The standard InChI is InChI=1S/3C34H54.C33H54/c1-21(2)11-25-15-26(12-22(3)4)30-18-33(9,17-29(25)30)34(10)19-31-27(13-23(5)6)16-28(14-24(7)8)32(31)20-34;1-20(2)11-25-17-28(14-23(7)8)32-29(25)15-24(9)33(32)34(10)18-30-26(12-21(3)4)16-27(13-22(5)6)31(30)19-34;1-19(2)11-25-17-28(14-22(7)8)34-30(25)15-23(9)32(34)29-18-31-26(12-20(3)4)16-27(13-21(5)6)33(31)24(29)10;1-18(2)11-24-16-26(13-20(5)6)32-28(24)14-22(9)30(32)31-23(10)15-29-25(12-19(3)4)17-27(21(7)8)33(29)31/h11-14,25-32H,15-20H2,1-10H3;11-14,24-33H,15-19H2,1-10H3;11-14,23-34H,15-18H2,1-10H3;11-13,21-33H,14-17H2,1-10H3/t;;23?,24?,25?,26?,27?,28?,29-,30?,31?,32?,33?,34?;22?,23?,24?,25?,26?,27?,28?,29?,30?,31-,32?,33?/m..00/s1. The van der Waals surface area contributed by atoms with Crippen molar-refractivity contribution < 1.29 is 0 Å². The Morgan fingerprint density at radius 2 is 0.385 bits per heavy atom. The molecule has 135 heavy (non-hydrogen) atoms. The molecule has 0 aromatic heterocycles. The molecule has 0 heterocycles. The summed E-state index contributed by atoms with van der Waals surface area (Å²) in [5.41, 5.74) is 24.4. The van der Waals surface area contributed by atoms with Crippen molar-refractivity contribution in [3.05, 3.63) is 175 Å². The van der Waals surface area contributed by atoms with E-state index >= 15 is 0 Å². The number of allylic oxidation sites excluding steroid dienone is 30. The smallest absolute Gasteiger partial charge is 0.0191 e. The Balaban J connectivity index is 0.000000152. The van der Waals surface area contributed by atoms with E-state index in [9.17, 15) is 0 Å². The summed E-state index contributed by atoms with van der Waals surface area (Å²) in [7, 11) is 0. The van der Waals surface area contributed by atoms with E-state index in [2.05, 4.69) is 368 Å². The Morgan fingerprint density at radius 1 is 0.185 bits per heavy atom. The van der Waals surface area contributed by atoms with Crippen LogP contribution in [0.2, 0.25) is 0 Å². The molecule has 0 bridgehead atoms. The summed E-state index contributed by atoms with van der Waals surface area (Å²) in [6.45, 7) is 95.9. The number of fused-ring (bicyclic) bond motifs is 8. The van der Waals surface area contributed by atoms with Gasteiger partial charge in [0.25, 0.3) is 0 Å². The zero-order valence-electron chi connectivity index (χ0n) is 95.9. The van der Waals surface area contributed by atoms with Crippen LogP contribution >= 0.6 is 0 Å². The first-order valence-electron chi connectivity index (χ1n) is 57.9. The van der Waals surface area contributed by atoms with Gasteiger partial charge < -0.3 is 0 Å². The first-order chi connectivity index (χ1) is 63.2. The fourth-order valence-electron chi connectivity index (χ4n) is 39.6. The average Bonchev–Trinajstić information content (AvgIpc) is 1.60. The predicted molar refractivity (Wildman–Crippen MR) is 593 cm³/mol. The Labute approximate surface area is 838 Å². The van der Waals surface area contributed by atoms with Crippen molar-refractivity contribution in [2.45, 2.75) is 399 Å². The fourth-order valence-corrected chi connectivity index (χ4v) is 39.6. The van der Waals surface area contributed by atoms with E-state index in [1.54, 1.807) is 0 Å². The van der Waals surface area contributed by atoms with Gasteiger partial charge in [-0.1, -0.05) is 244 Å². The maximum atomic E-state index is 2.74. The molecular weight excluding hydrogens is 1620 g/mol. The zero-order chi connectivity index (χ0) is 99.0. The molecule has 0 saturated heterocycles. The highest BCUT2D eigenvalue weighted by Gasteiger charge is 2.67. The molecule has 0 aliphatic heterocycles. The van der Waals surface area contributed by atoms with Gasteiger partial charge in [-0.15, -0.1) is 0 Å². The Morgan fingerprint density at radius 3 is 0.674 bits per heavy atom. The van der Waals surface area contributed by atoms with Crippen molar-refractivity contribution in [2.75, 3.05) is 0 Å². The van der Waals surface area contributed by atoms with E-state index in [0.29, 0.717) is 16.2 Å². The molecule has 0 aromatic rings. The molecule has 16 rings (SSSR count). The highest BCUT2D eigenvalue weighted by Crippen LogP contribution is 2.75. The van der Waals surface area contributed by atoms with E-state index in [1.165, 1.54) is 206 Å². The molecule has 16 aliphatic carbocycles. The molecule has 16 aliphatic rings. The van der Waals surface area contributed by atoms with E-state index in [0.717, 1.165) is 254 Å². The van der Waals surface area contributed by atoms with Crippen molar-refractivity contribution in [3.63, 3.8) is 0 Å². The Bertz CT molecular complexity index is 4280. The number of hydrogen-bond donors (Lipinski definition) is 0. The molecule has 16 fully saturated rings. The summed E-state index contributed by atoms with van der Waals surface area (Å²) in [6, 6.07) is 0. The number of hydrogen-bond acceptors (Lipinski definition) is 0. The maximum Gasteiger partial charge on any atom is -0.0191 e. The Kier molecular flexibility index (Phi) is 35.3. The minimum absolute atomic E-state index is 0.486. The molecule has 0 aromatic carbocycles. The third kappa shape index (κ3) is 23.5. The largest absolute Gasteiger partial charge is 0.0825 e. The Hall–Kier alpha value is -3.90. The third-order valence-electron chi connectivity index (χ3n) is 42.1. The topological polar surface area (TPSA) is 0 Å². The molecule has 756 valence electrons. The fraction of sp³-hybridized carbons (Fsp3) is 0.778. The predicted octanol–water partition coefficient (Wildman–Crippen LogP) is 39.7. The van der Waals surface area contributed by atoms with Gasteiger partial charge in [-0.05, 0) is 600 Å². The van der Waals surface area contributed by atoms with Crippen molar-refractivity contribution >= 4 is 0 Å². The van der Waals surface area contributed by atoms with Crippen LogP contribution in [0.5, 0.6) is 0 Å². The summed E-state index contributed by atoms with van der Waals surface area (Å²) in [6.07, 6.45) is 67.1. The van der Waals surface area contributed by atoms with Crippen molar-refractivity contribution in [1.29, 1.82) is 0 Å².